The summed E-state index contributed by atoms with van der Waals surface area (Å²) in [5.74, 6) is -0.658. The fourth-order valence-corrected chi connectivity index (χ4v) is 1.58. The number of ether oxygens (including phenoxy) is 1. The lowest BCUT2D eigenvalue weighted by atomic mass is 10.0. The summed E-state index contributed by atoms with van der Waals surface area (Å²) in [6.07, 6.45) is 0.730. The van der Waals surface area contributed by atoms with E-state index in [4.69, 9.17) is 4.74 Å². The standard InChI is InChI=1S/C11H17NO4/c1-7(2)5-8(13)6-10(14)12-9-3-4-16-11(9)15/h7,9H,3-6H2,1-2H3,(H,12,14)/t9-/m0/s1. The summed E-state index contributed by atoms with van der Waals surface area (Å²) in [7, 11) is 0. The van der Waals surface area contributed by atoms with Crippen molar-refractivity contribution < 1.29 is 19.1 Å². The molecule has 1 atom stereocenters. The van der Waals surface area contributed by atoms with Crippen LogP contribution in [0.3, 0.4) is 0 Å². The largest absolute Gasteiger partial charge is 0.464 e. The molecular formula is C11H17NO4. The Morgan fingerprint density at radius 1 is 1.50 bits per heavy atom. The number of ketones is 1. The number of cyclic esters (lactones) is 1. The van der Waals surface area contributed by atoms with Gasteiger partial charge in [0, 0.05) is 12.8 Å². The van der Waals surface area contributed by atoms with E-state index >= 15 is 0 Å². The van der Waals surface area contributed by atoms with Crippen LogP contribution in [0.2, 0.25) is 0 Å². The van der Waals surface area contributed by atoms with Gasteiger partial charge < -0.3 is 10.1 Å². The Balaban J connectivity index is 2.30. The van der Waals surface area contributed by atoms with Gasteiger partial charge in [0.1, 0.15) is 11.8 Å². The summed E-state index contributed by atoms with van der Waals surface area (Å²) >= 11 is 0. The molecule has 1 aliphatic heterocycles. The monoisotopic (exact) mass is 227 g/mol. The van der Waals surface area contributed by atoms with E-state index in [2.05, 4.69) is 5.32 Å². The van der Waals surface area contributed by atoms with Gasteiger partial charge in [0.15, 0.2) is 0 Å². The van der Waals surface area contributed by atoms with Crippen LogP contribution in [0.15, 0.2) is 0 Å². The topological polar surface area (TPSA) is 72.5 Å². The molecular weight excluding hydrogens is 210 g/mol. The quantitative estimate of drug-likeness (QED) is 0.546. The Hall–Kier alpha value is -1.39. The van der Waals surface area contributed by atoms with E-state index < -0.39 is 17.9 Å². The lowest BCUT2D eigenvalue weighted by molar-refractivity contribution is -0.142. The SMILES string of the molecule is CC(C)CC(=O)CC(=O)N[C@H]1CCOC1=O. The van der Waals surface area contributed by atoms with Crippen molar-refractivity contribution >= 4 is 17.7 Å². The van der Waals surface area contributed by atoms with Crippen LogP contribution in [0, 0.1) is 5.92 Å². The fourth-order valence-electron chi connectivity index (χ4n) is 1.58. The van der Waals surface area contributed by atoms with Crippen LogP contribution >= 0.6 is 0 Å². The highest BCUT2D eigenvalue weighted by molar-refractivity contribution is 5.99. The number of Topliss-reactive ketones (excluding diaryl/α,β-unsaturated/α-hetero) is 1. The van der Waals surface area contributed by atoms with E-state index in [1.807, 2.05) is 13.8 Å². The summed E-state index contributed by atoms with van der Waals surface area (Å²) < 4.78 is 4.70. The maximum Gasteiger partial charge on any atom is 0.328 e. The van der Waals surface area contributed by atoms with Crippen LogP contribution in [0.1, 0.15) is 33.1 Å². The zero-order valence-electron chi connectivity index (χ0n) is 9.62. The van der Waals surface area contributed by atoms with Crippen LogP contribution in [-0.2, 0) is 19.1 Å². The lowest BCUT2D eigenvalue weighted by Crippen LogP contribution is -2.38. The number of hydrogen-bond donors (Lipinski definition) is 1. The second kappa shape index (κ2) is 5.63. The van der Waals surface area contributed by atoms with Gasteiger partial charge in [-0.2, -0.15) is 0 Å². The first-order valence-electron chi connectivity index (χ1n) is 5.46. The molecule has 0 aromatic heterocycles. The molecule has 1 fully saturated rings. The molecule has 1 aliphatic rings. The minimum absolute atomic E-state index is 0.0983. The van der Waals surface area contributed by atoms with Gasteiger partial charge in [0.25, 0.3) is 0 Å². The minimum Gasteiger partial charge on any atom is -0.464 e. The third-order valence-electron chi connectivity index (χ3n) is 2.26. The zero-order valence-corrected chi connectivity index (χ0v) is 9.62. The van der Waals surface area contributed by atoms with E-state index in [9.17, 15) is 14.4 Å². The highest BCUT2D eigenvalue weighted by Gasteiger charge is 2.28. The number of hydrogen-bond acceptors (Lipinski definition) is 4. The maximum absolute atomic E-state index is 11.4. The third-order valence-corrected chi connectivity index (χ3v) is 2.26. The number of amides is 1. The molecule has 0 spiro atoms. The molecule has 5 heteroatoms. The smallest absolute Gasteiger partial charge is 0.328 e. The van der Waals surface area contributed by atoms with E-state index in [-0.39, 0.29) is 18.1 Å². The number of nitrogens with one attached hydrogen (secondary N) is 1. The highest BCUT2D eigenvalue weighted by atomic mass is 16.5. The molecule has 1 N–H and O–H groups in total. The van der Waals surface area contributed by atoms with E-state index in [1.165, 1.54) is 0 Å². The Bertz CT molecular complexity index is 298. The molecule has 1 rings (SSSR count). The summed E-state index contributed by atoms with van der Waals surface area (Å²) in [4.78, 5) is 33.8. The molecule has 90 valence electrons. The van der Waals surface area contributed by atoms with Crippen LogP contribution in [-0.4, -0.2) is 30.3 Å². The van der Waals surface area contributed by atoms with Crippen molar-refractivity contribution in [2.45, 2.75) is 39.2 Å². The van der Waals surface area contributed by atoms with Crippen molar-refractivity contribution in [3.63, 3.8) is 0 Å². The maximum atomic E-state index is 11.4. The van der Waals surface area contributed by atoms with Crippen molar-refractivity contribution in [3.05, 3.63) is 0 Å². The van der Waals surface area contributed by atoms with Crippen LogP contribution in [0.5, 0.6) is 0 Å². The van der Waals surface area contributed by atoms with Crippen molar-refractivity contribution in [2.24, 2.45) is 5.92 Å². The average Bonchev–Trinajstić information content (AvgIpc) is 2.49. The van der Waals surface area contributed by atoms with E-state index in [0.29, 0.717) is 19.4 Å². The van der Waals surface area contributed by atoms with Crippen molar-refractivity contribution in [1.82, 2.24) is 5.32 Å². The lowest BCUT2D eigenvalue weighted by Gasteiger charge is -2.08. The zero-order chi connectivity index (χ0) is 12.1. The first kappa shape index (κ1) is 12.7. The number of carbonyl (C=O) groups excluding carboxylic acids is 3. The average molecular weight is 227 g/mol. The molecule has 0 aromatic rings. The van der Waals surface area contributed by atoms with Gasteiger partial charge in [-0.1, -0.05) is 13.8 Å². The Kier molecular flexibility index (Phi) is 4.46. The molecule has 5 nitrogen and oxygen atoms in total. The summed E-state index contributed by atoms with van der Waals surface area (Å²) in [5, 5.41) is 2.50. The van der Waals surface area contributed by atoms with Crippen LogP contribution in [0.4, 0.5) is 0 Å². The molecule has 1 heterocycles. The molecule has 0 radical (unpaired) electrons. The highest BCUT2D eigenvalue weighted by Crippen LogP contribution is 2.07. The Labute approximate surface area is 94.5 Å². The van der Waals surface area contributed by atoms with Gasteiger partial charge in [-0.3, -0.25) is 9.59 Å². The summed E-state index contributed by atoms with van der Waals surface area (Å²) in [6, 6.07) is -0.570. The van der Waals surface area contributed by atoms with Gasteiger partial charge in [-0.15, -0.1) is 0 Å². The number of carbonyl (C=O) groups is 3. The second-order valence-electron chi connectivity index (χ2n) is 4.39. The van der Waals surface area contributed by atoms with Gasteiger partial charge in [-0.25, -0.2) is 4.79 Å². The number of rotatable bonds is 5. The van der Waals surface area contributed by atoms with E-state index in [0.717, 1.165) is 0 Å². The summed E-state index contributed by atoms with van der Waals surface area (Å²) in [6.45, 7) is 4.18. The van der Waals surface area contributed by atoms with Gasteiger partial charge >= 0.3 is 5.97 Å². The molecule has 0 aromatic carbocycles. The molecule has 0 bridgehead atoms. The fraction of sp³-hybridized carbons (Fsp3) is 0.727. The van der Waals surface area contributed by atoms with Crippen molar-refractivity contribution in [1.29, 1.82) is 0 Å². The van der Waals surface area contributed by atoms with Crippen LogP contribution < -0.4 is 5.32 Å². The third kappa shape index (κ3) is 4.00. The first-order chi connectivity index (χ1) is 7.49. The predicted octanol–water partition coefficient (Wildman–Crippen LogP) is 0.423. The first-order valence-corrected chi connectivity index (χ1v) is 5.46. The normalized spacial score (nSPS) is 19.7. The van der Waals surface area contributed by atoms with Crippen molar-refractivity contribution in [3.8, 4) is 0 Å². The second-order valence-corrected chi connectivity index (χ2v) is 4.39. The number of esters is 1. The predicted molar refractivity (Wildman–Crippen MR) is 56.6 cm³/mol. The minimum atomic E-state index is -0.570. The van der Waals surface area contributed by atoms with E-state index in [1.54, 1.807) is 0 Å². The van der Waals surface area contributed by atoms with Gasteiger partial charge in [-0.05, 0) is 5.92 Å². The Morgan fingerprint density at radius 2 is 2.19 bits per heavy atom. The summed E-state index contributed by atoms with van der Waals surface area (Å²) in [5.41, 5.74) is 0. The molecule has 1 saturated heterocycles. The Morgan fingerprint density at radius 3 is 2.69 bits per heavy atom. The van der Waals surface area contributed by atoms with Gasteiger partial charge in [0.2, 0.25) is 5.91 Å². The molecule has 0 aliphatic carbocycles. The molecule has 0 unspecified atom stereocenters. The molecule has 16 heavy (non-hydrogen) atoms. The molecule has 0 saturated carbocycles. The van der Waals surface area contributed by atoms with Crippen LogP contribution in [0.25, 0.3) is 0 Å². The van der Waals surface area contributed by atoms with Gasteiger partial charge in [0.05, 0.1) is 13.0 Å². The van der Waals surface area contributed by atoms with Crippen molar-refractivity contribution in [2.75, 3.05) is 6.61 Å². The molecule has 1 amide bonds.